The van der Waals surface area contributed by atoms with E-state index in [0.29, 0.717) is 35.7 Å². The molecule has 0 unspecified atom stereocenters. The normalized spacial score (nSPS) is 13.6. The second-order valence-corrected chi connectivity index (χ2v) is 8.60. The lowest BCUT2D eigenvalue weighted by Crippen LogP contribution is -2.52. The Morgan fingerprint density at radius 3 is 2.38 bits per heavy atom. The monoisotopic (exact) mass is 501 g/mol. The summed E-state index contributed by atoms with van der Waals surface area (Å²) in [5.41, 5.74) is 1.05. The highest BCUT2D eigenvalue weighted by molar-refractivity contribution is 5.94. The molecule has 2 amide bonds. The van der Waals surface area contributed by atoms with E-state index in [1.807, 2.05) is 0 Å². The first-order chi connectivity index (χ1) is 18.0. The van der Waals surface area contributed by atoms with Crippen LogP contribution < -0.4 is 10.3 Å². The maximum Gasteiger partial charge on any atom is 0.288 e. The predicted octanol–water partition coefficient (Wildman–Crippen LogP) is 2.46. The van der Waals surface area contributed by atoms with E-state index < -0.39 is 11.5 Å². The van der Waals surface area contributed by atoms with Gasteiger partial charge >= 0.3 is 0 Å². The van der Waals surface area contributed by atoms with Crippen LogP contribution in [0.4, 0.5) is 4.39 Å². The highest BCUT2D eigenvalue weighted by Crippen LogP contribution is 2.23. The minimum absolute atomic E-state index is 0.105. The molecule has 0 bridgehead atoms. The molecular weight excluding hydrogens is 477 g/mol. The molecule has 9 nitrogen and oxygen atoms in total. The van der Waals surface area contributed by atoms with E-state index in [2.05, 4.69) is 9.97 Å². The largest absolute Gasteiger partial charge is 0.495 e. The molecule has 1 fully saturated rings. The van der Waals surface area contributed by atoms with Gasteiger partial charge in [-0.15, -0.1) is 0 Å². The molecule has 4 aromatic rings. The van der Waals surface area contributed by atoms with Crippen LogP contribution in [0.25, 0.3) is 16.9 Å². The zero-order valence-corrected chi connectivity index (χ0v) is 20.1. The molecule has 0 radical (unpaired) electrons. The SMILES string of the molecule is COc1ccccc1-n1c(=O)c(C(=O)N2CCN(C(=O)Cc3ccc(F)cc3)CC2)nc2cccnc21. The summed E-state index contributed by atoms with van der Waals surface area (Å²) >= 11 is 0. The summed E-state index contributed by atoms with van der Waals surface area (Å²) in [5, 5.41) is 0. The van der Waals surface area contributed by atoms with E-state index >= 15 is 0 Å². The highest BCUT2D eigenvalue weighted by atomic mass is 19.1. The Morgan fingerprint density at radius 1 is 0.946 bits per heavy atom. The van der Waals surface area contributed by atoms with E-state index in [0.717, 1.165) is 5.56 Å². The fourth-order valence-electron chi connectivity index (χ4n) is 4.39. The van der Waals surface area contributed by atoms with Crippen molar-refractivity contribution in [3.63, 3.8) is 0 Å². The Morgan fingerprint density at radius 2 is 1.65 bits per heavy atom. The van der Waals surface area contributed by atoms with Crippen molar-refractivity contribution in [2.45, 2.75) is 6.42 Å². The van der Waals surface area contributed by atoms with Gasteiger partial charge in [-0.1, -0.05) is 24.3 Å². The topological polar surface area (TPSA) is 97.6 Å². The number of nitrogens with zero attached hydrogens (tertiary/aromatic N) is 5. The number of pyridine rings is 1. The molecule has 0 saturated carbocycles. The number of fused-ring (bicyclic) bond motifs is 1. The van der Waals surface area contributed by atoms with Gasteiger partial charge in [0.15, 0.2) is 11.3 Å². The summed E-state index contributed by atoms with van der Waals surface area (Å²) < 4.78 is 19.9. The van der Waals surface area contributed by atoms with Crippen LogP contribution in [0, 0.1) is 5.82 Å². The molecule has 2 aromatic carbocycles. The lowest BCUT2D eigenvalue weighted by Gasteiger charge is -2.34. The van der Waals surface area contributed by atoms with Gasteiger partial charge in [-0.05, 0) is 42.0 Å². The number of aromatic nitrogens is 3. The maximum atomic E-state index is 13.6. The number of para-hydroxylation sites is 2. The molecule has 1 saturated heterocycles. The summed E-state index contributed by atoms with van der Waals surface area (Å²) in [6.45, 7) is 1.16. The Balaban J connectivity index is 1.39. The van der Waals surface area contributed by atoms with Crippen LogP contribution in [-0.2, 0) is 11.2 Å². The molecule has 10 heteroatoms. The first-order valence-corrected chi connectivity index (χ1v) is 11.8. The number of carbonyl (C=O) groups excluding carboxylic acids is 2. The molecular formula is C27H24FN5O4. The van der Waals surface area contributed by atoms with Gasteiger partial charge in [0.1, 0.15) is 17.1 Å². The predicted molar refractivity (Wildman–Crippen MR) is 134 cm³/mol. The van der Waals surface area contributed by atoms with E-state index in [1.54, 1.807) is 59.6 Å². The Kier molecular flexibility index (Phi) is 6.63. The minimum Gasteiger partial charge on any atom is -0.495 e. The first-order valence-electron chi connectivity index (χ1n) is 11.8. The molecule has 0 atom stereocenters. The van der Waals surface area contributed by atoms with Crippen LogP contribution in [0.3, 0.4) is 0 Å². The van der Waals surface area contributed by atoms with Gasteiger partial charge in [-0.3, -0.25) is 19.0 Å². The number of piperazine rings is 1. The van der Waals surface area contributed by atoms with E-state index in [-0.39, 0.29) is 36.9 Å². The molecule has 0 N–H and O–H groups in total. The number of rotatable bonds is 5. The Bertz CT molecular complexity index is 1530. The van der Waals surface area contributed by atoms with Gasteiger partial charge in [0.05, 0.1) is 19.2 Å². The van der Waals surface area contributed by atoms with Crippen LogP contribution in [-0.4, -0.2) is 69.4 Å². The lowest BCUT2D eigenvalue weighted by molar-refractivity contribution is -0.131. The van der Waals surface area contributed by atoms with Gasteiger partial charge in [-0.25, -0.2) is 14.4 Å². The van der Waals surface area contributed by atoms with Crippen molar-refractivity contribution in [2.75, 3.05) is 33.3 Å². The summed E-state index contributed by atoms with van der Waals surface area (Å²) in [6.07, 6.45) is 1.70. The summed E-state index contributed by atoms with van der Waals surface area (Å²) in [6, 6.07) is 16.2. The first kappa shape index (κ1) is 24.1. The number of methoxy groups -OCH3 is 1. The highest BCUT2D eigenvalue weighted by Gasteiger charge is 2.29. The van der Waals surface area contributed by atoms with Crippen LogP contribution in [0.1, 0.15) is 16.1 Å². The molecule has 188 valence electrons. The molecule has 1 aliphatic heterocycles. The third-order valence-electron chi connectivity index (χ3n) is 6.33. The quantitative estimate of drug-likeness (QED) is 0.417. The van der Waals surface area contributed by atoms with Crippen molar-refractivity contribution in [3.05, 3.63) is 94.3 Å². The smallest absolute Gasteiger partial charge is 0.288 e. The van der Waals surface area contributed by atoms with Gasteiger partial charge in [0.25, 0.3) is 11.5 Å². The molecule has 1 aliphatic rings. The van der Waals surface area contributed by atoms with E-state index in [4.69, 9.17) is 4.74 Å². The fraction of sp³-hybridized carbons (Fsp3) is 0.222. The van der Waals surface area contributed by atoms with Gasteiger partial charge in [-0.2, -0.15) is 0 Å². The zero-order chi connectivity index (χ0) is 25.9. The Hall–Kier alpha value is -4.60. The second-order valence-electron chi connectivity index (χ2n) is 8.60. The number of hydrogen-bond acceptors (Lipinski definition) is 6. The van der Waals surface area contributed by atoms with E-state index in [9.17, 15) is 18.8 Å². The van der Waals surface area contributed by atoms with Crippen molar-refractivity contribution in [2.24, 2.45) is 0 Å². The lowest BCUT2D eigenvalue weighted by atomic mass is 10.1. The van der Waals surface area contributed by atoms with Crippen LogP contribution in [0.15, 0.2) is 71.7 Å². The molecule has 3 heterocycles. The number of hydrogen-bond donors (Lipinski definition) is 0. The maximum absolute atomic E-state index is 13.6. The number of carbonyl (C=O) groups is 2. The number of halogens is 1. The number of amides is 2. The third kappa shape index (κ3) is 4.77. The van der Waals surface area contributed by atoms with Gasteiger partial charge in [0, 0.05) is 32.4 Å². The van der Waals surface area contributed by atoms with Crippen molar-refractivity contribution in [1.82, 2.24) is 24.3 Å². The molecule has 5 rings (SSSR count). The third-order valence-corrected chi connectivity index (χ3v) is 6.33. The van der Waals surface area contributed by atoms with Crippen LogP contribution in [0.2, 0.25) is 0 Å². The summed E-state index contributed by atoms with van der Waals surface area (Å²) in [4.78, 5) is 51.7. The van der Waals surface area contributed by atoms with Crippen molar-refractivity contribution >= 4 is 23.0 Å². The van der Waals surface area contributed by atoms with E-state index in [1.165, 1.54) is 28.7 Å². The van der Waals surface area contributed by atoms with Crippen molar-refractivity contribution in [1.29, 1.82) is 0 Å². The molecule has 37 heavy (non-hydrogen) atoms. The van der Waals surface area contributed by atoms with Crippen LogP contribution in [0.5, 0.6) is 5.75 Å². The van der Waals surface area contributed by atoms with Crippen molar-refractivity contribution in [3.8, 4) is 11.4 Å². The molecule has 0 spiro atoms. The van der Waals surface area contributed by atoms with Crippen molar-refractivity contribution < 1.29 is 18.7 Å². The summed E-state index contributed by atoms with van der Waals surface area (Å²) in [7, 11) is 1.50. The Labute approximate surface area is 211 Å². The zero-order valence-electron chi connectivity index (χ0n) is 20.1. The van der Waals surface area contributed by atoms with Gasteiger partial charge < -0.3 is 14.5 Å². The second kappa shape index (κ2) is 10.2. The standard InChI is InChI=1S/C27H24FN5O4/c1-37-22-7-3-2-6-21(22)33-25-20(5-4-12-29-25)30-24(27(33)36)26(35)32-15-13-31(14-16-32)23(34)17-18-8-10-19(28)11-9-18/h2-12H,13-17H2,1H3. The number of benzene rings is 2. The fourth-order valence-corrected chi connectivity index (χ4v) is 4.39. The average Bonchev–Trinajstić information content (AvgIpc) is 2.93. The average molecular weight is 502 g/mol. The molecule has 0 aliphatic carbocycles. The number of ether oxygens (including phenoxy) is 1. The minimum atomic E-state index is -0.601. The molecule has 2 aromatic heterocycles. The van der Waals surface area contributed by atoms with Crippen LogP contribution >= 0.6 is 0 Å². The summed E-state index contributed by atoms with van der Waals surface area (Å²) in [5.74, 6) is -0.516. The van der Waals surface area contributed by atoms with Gasteiger partial charge in [0.2, 0.25) is 5.91 Å².